The molecule has 0 aromatic carbocycles. The molecule has 0 aromatic heterocycles. The molecule has 2 aliphatic rings. The van der Waals surface area contributed by atoms with Gasteiger partial charge in [0.15, 0.2) is 6.29 Å². The average Bonchev–Trinajstić information content (AvgIpc) is 2.52. The molecule has 0 bridgehead atoms. The van der Waals surface area contributed by atoms with Gasteiger partial charge in [-0.3, -0.25) is 0 Å². The molecule has 0 unspecified atom stereocenters. The molecule has 0 spiro atoms. The van der Waals surface area contributed by atoms with Crippen molar-refractivity contribution < 1.29 is 19.3 Å². The van der Waals surface area contributed by atoms with Crippen molar-refractivity contribution in [1.82, 2.24) is 5.32 Å². The number of nitrogens with one attached hydrogen (secondary N) is 1. The van der Waals surface area contributed by atoms with Crippen LogP contribution in [0, 0.1) is 0 Å². The molecule has 22 heavy (non-hydrogen) atoms. The van der Waals surface area contributed by atoms with Crippen LogP contribution in [-0.2, 0) is 14.2 Å². The summed E-state index contributed by atoms with van der Waals surface area (Å²) in [6.45, 7) is 0.427. The van der Waals surface area contributed by atoms with Crippen LogP contribution >= 0.6 is 0 Å². The Bertz CT molecular complexity index is 349. The van der Waals surface area contributed by atoms with Gasteiger partial charge in [0.1, 0.15) is 6.10 Å². The van der Waals surface area contributed by atoms with Gasteiger partial charge in [-0.25, -0.2) is 0 Å². The minimum Gasteiger partial charge on any atom is -0.389 e. The van der Waals surface area contributed by atoms with Crippen molar-refractivity contribution in [1.29, 1.82) is 0 Å². The molecule has 1 saturated heterocycles. The monoisotopic (exact) mass is 318 g/mol. The maximum atomic E-state index is 10.6. The van der Waals surface area contributed by atoms with Gasteiger partial charge in [0.25, 0.3) is 0 Å². The van der Waals surface area contributed by atoms with Crippen molar-refractivity contribution in [2.75, 3.05) is 20.7 Å². The van der Waals surface area contributed by atoms with Crippen molar-refractivity contribution in [3.05, 3.63) is 0 Å². The topological polar surface area (TPSA) is 138 Å². The molecule has 1 heterocycles. The van der Waals surface area contributed by atoms with E-state index < -0.39 is 18.5 Å². The molecular weight excluding hydrogens is 288 g/mol. The lowest BCUT2D eigenvalue weighted by atomic mass is 9.84. The second-order valence-electron chi connectivity index (χ2n) is 6.18. The first-order chi connectivity index (χ1) is 10.5. The Balaban J connectivity index is 2.03. The maximum absolute atomic E-state index is 10.6. The van der Waals surface area contributed by atoms with E-state index in [1.54, 1.807) is 14.2 Å². The maximum Gasteiger partial charge on any atom is 0.173 e. The van der Waals surface area contributed by atoms with Crippen molar-refractivity contribution >= 4 is 0 Å². The van der Waals surface area contributed by atoms with Crippen molar-refractivity contribution in [2.24, 2.45) is 17.2 Å². The molecule has 2 rings (SSSR count). The minimum absolute atomic E-state index is 0.0615. The molecule has 2 fully saturated rings. The molecule has 0 amide bonds. The van der Waals surface area contributed by atoms with Gasteiger partial charge in [0.2, 0.25) is 0 Å². The van der Waals surface area contributed by atoms with E-state index in [1.165, 1.54) is 0 Å². The number of ether oxygens (including phenoxy) is 3. The van der Waals surface area contributed by atoms with Crippen LogP contribution in [0.1, 0.15) is 19.3 Å². The third-order valence-corrected chi connectivity index (χ3v) is 4.72. The Morgan fingerprint density at radius 1 is 1.27 bits per heavy atom. The molecule has 130 valence electrons. The number of likely N-dealkylation sites (N-methyl/N-ethyl adjacent to an activating group) is 1. The molecule has 8 nitrogen and oxygen atoms in total. The van der Waals surface area contributed by atoms with Crippen LogP contribution in [0.5, 0.6) is 0 Å². The Morgan fingerprint density at radius 2 is 2.00 bits per heavy atom. The first-order valence-corrected chi connectivity index (χ1v) is 7.92. The zero-order valence-electron chi connectivity index (χ0n) is 13.4. The molecule has 1 aliphatic heterocycles. The van der Waals surface area contributed by atoms with E-state index in [9.17, 15) is 5.11 Å². The van der Waals surface area contributed by atoms with Crippen molar-refractivity contribution in [2.45, 2.75) is 68.1 Å². The molecule has 8 N–H and O–H groups in total. The van der Waals surface area contributed by atoms with Crippen LogP contribution in [0.2, 0.25) is 0 Å². The summed E-state index contributed by atoms with van der Waals surface area (Å²) in [6.07, 6.45) is 0.0176. The number of methoxy groups -OCH3 is 1. The van der Waals surface area contributed by atoms with E-state index in [-0.39, 0.29) is 30.3 Å². The largest absolute Gasteiger partial charge is 0.389 e. The summed E-state index contributed by atoms with van der Waals surface area (Å²) in [7, 11) is 3.39. The van der Waals surface area contributed by atoms with Crippen LogP contribution in [0.3, 0.4) is 0 Å². The SMILES string of the molecule is CN[C@@H]1[C@@H](O)[C@H](O[C@H]2O[C@H](CN)CC[C@H]2N)[C@@H](N)C[C@@H]1OC. The summed E-state index contributed by atoms with van der Waals surface area (Å²) in [5.41, 5.74) is 17.9. The Hall–Kier alpha value is -0.320. The number of hydrogen-bond acceptors (Lipinski definition) is 8. The average molecular weight is 318 g/mol. The van der Waals surface area contributed by atoms with E-state index in [1.807, 2.05) is 0 Å². The second-order valence-corrected chi connectivity index (χ2v) is 6.18. The van der Waals surface area contributed by atoms with Gasteiger partial charge in [-0.05, 0) is 26.3 Å². The van der Waals surface area contributed by atoms with Crippen LogP contribution < -0.4 is 22.5 Å². The fraction of sp³-hybridized carbons (Fsp3) is 1.00. The van der Waals surface area contributed by atoms with Gasteiger partial charge in [-0.2, -0.15) is 0 Å². The zero-order valence-corrected chi connectivity index (χ0v) is 13.4. The summed E-state index contributed by atoms with van der Waals surface area (Å²) in [4.78, 5) is 0. The van der Waals surface area contributed by atoms with E-state index in [2.05, 4.69) is 5.32 Å². The lowest BCUT2D eigenvalue weighted by molar-refractivity contribution is -0.249. The molecule has 0 aromatic rings. The standard InChI is InChI=1S/C14H30N4O4/c1-18-11-10(20-2)5-9(17)13(12(11)19)22-14-8(16)4-3-7(6-15)21-14/h7-14,18-19H,3-6,15-17H2,1-2H3/t7-,8+,9-,10-,11-,12+,13+,14+/m0/s1. The van der Waals surface area contributed by atoms with Gasteiger partial charge >= 0.3 is 0 Å². The predicted molar refractivity (Wildman–Crippen MR) is 82.0 cm³/mol. The third-order valence-electron chi connectivity index (χ3n) is 4.72. The van der Waals surface area contributed by atoms with Crippen LogP contribution in [0.4, 0.5) is 0 Å². The first kappa shape index (κ1) is 18.0. The van der Waals surface area contributed by atoms with Crippen LogP contribution in [0.25, 0.3) is 0 Å². The van der Waals surface area contributed by atoms with Gasteiger partial charge in [-0.1, -0.05) is 0 Å². The van der Waals surface area contributed by atoms with Crippen molar-refractivity contribution in [3.63, 3.8) is 0 Å². The predicted octanol–water partition coefficient (Wildman–Crippen LogP) is -2.14. The Kier molecular flexibility index (Phi) is 6.54. The van der Waals surface area contributed by atoms with E-state index in [0.717, 1.165) is 12.8 Å². The Labute approximate surface area is 131 Å². The fourth-order valence-corrected chi connectivity index (χ4v) is 3.34. The second kappa shape index (κ2) is 7.98. The lowest BCUT2D eigenvalue weighted by Crippen LogP contribution is -2.65. The highest BCUT2D eigenvalue weighted by Gasteiger charge is 2.45. The quantitative estimate of drug-likeness (QED) is 0.387. The Morgan fingerprint density at radius 3 is 2.59 bits per heavy atom. The summed E-state index contributed by atoms with van der Waals surface area (Å²) >= 11 is 0. The fourth-order valence-electron chi connectivity index (χ4n) is 3.34. The molecule has 1 saturated carbocycles. The number of rotatable bonds is 5. The highest BCUT2D eigenvalue weighted by molar-refractivity contribution is 5.00. The highest BCUT2D eigenvalue weighted by atomic mass is 16.7. The molecule has 0 radical (unpaired) electrons. The molecule has 8 atom stereocenters. The smallest absolute Gasteiger partial charge is 0.173 e. The summed E-state index contributed by atoms with van der Waals surface area (Å²) in [6, 6.07) is -0.839. The van der Waals surface area contributed by atoms with Crippen molar-refractivity contribution in [3.8, 4) is 0 Å². The summed E-state index contributed by atoms with van der Waals surface area (Å²) in [5, 5.41) is 13.6. The minimum atomic E-state index is -0.798. The lowest BCUT2D eigenvalue weighted by Gasteiger charge is -2.45. The van der Waals surface area contributed by atoms with Gasteiger partial charge in [0.05, 0.1) is 30.4 Å². The first-order valence-electron chi connectivity index (χ1n) is 7.92. The normalized spacial score (nSPS) is 46.6. The van der Waals surface area contributed by atoms with E-state index in [0.29, 0.717) is 13.0 Å². The van der Waals surface area contributed by atoms with Crippen LogP contribution in [0.15, 0.2) is 0 Å². The van der Waals surface area contributed by atoms with E-state index in [4.69, 9.17) is 31.4 Å². The molecule has 8 heteroatoms. The van der Waals surface area contributed by atoms with E-state index >= 15 is 0 Å². The molecular formula is C14H30N4O4. The zero-order chi connectivity index (χ0) is 16.3. The third kappa shape index (κ3) is 3.77. The number of aliphatic hydroxyl groups is 1. The van der Waals surface area contributed by atoms with Gasteiger partial charge < -0.3 is 41.8 Å². The summed E-state index contributed by atoms with van der Waals surface area (Å²) < 4.78 is 17.1. The highest BCUT2D eigenvalue weighted by Crippen LogP contribution is 2.27. The molecule has 1 aliphatic carbocycles. The number of aliphatic hydroxyl groups excluding tert-OH is 1. The van der Waals surface area contributed by atoms with Gasteiger partial charge in [-0.15, -0.1) is 0 Å². The number of hydrogen-bond donors (Lipinski definition) is 5. The summed E-state index contributed by atoms with van der Waals surface area (Å²) in [5.74, 6) is 0. The van der Waals surface area contributed by atoms with Crippen LogP contribution in [-0.4, -0.2) is 74.6 Å². The van der Waals surface area contributed by atoms with Gasteiger partial charge in [0, 0.05) is 19.7 Å². The number of nitrogens with two attached hydrogens (primary N) is 3.